The van der Waals surface area contributed by atoms with Crippen molar-refractivity contribution in [2.75, 3.05) is 13.9 Å². The number of hydrogen-bond acceptors (Lipinski definition) is 2. The van der Waals surface area contributed by atoms with Crippen molar-refractivity contribution in [3.63, 3.8) is 0 Å². The number of aryl methyl sites for hydroxylation is 1. The van der Waals surface area contributed by atoms with Crippen LogP contribution in [0.3, 0.4) is 0 Å². The molecule has 0 saturated heterocycles. The summed E-state index contributed by atoms with van der Waals surface area (Å²) >= 11 is 0. The van der Waals surface area contributed by atoms with Gasteiger partial charge in [-0.3, -0.25) is 0 Å². The van der Waals surface area contributed by atoms with Crippen molar-refractivity contribution < 1.29 is 9.47 Å². The van der Waals surface area contributed by atoms with Gasteiger partial charge in [0.1, 0.15) is 5.75 Å². The Bertz CT molecular complexity index is 305. The van der Waals surface area contributed by atoms with Crippen LogP contribution in [0.5, 0.6) is 5.75 Å². The minimum absolute atomic E-state index is 0.292. The van der Waals surface area contributed by atoms with Crippen LogP contribution in [0.4, 0.5) is 0 Å². The van der Waals surface area contributed by atoms with Gasteiger partial charge in [0.2, 0.25) is 0 Å². The number of hydrogen-bond donors (Lipinski definition) is 0. The highest BCUT2D eigenvalue weighted by molar-refractivity contribution is 5.51. The number of rotatable bonds is 5. The minimum atomic E-state index is 0.292. The van der Waals surface area contributed by atoms with Gasteiger partial charge in [0.25, 0.3) is 0 Å². The third-order valence-electron chi connectivity index (χ3n) is 2.03. The molecule has 0 bridgehead atoms. The minimum Gasteiger partial charge on any atom is -0.467 e. The highest BCUT2D eigenvalue weighted by Gasteiger charge is 2.01. The van der Waals surface area contributed by atoms with E-state index in [-0.39, 0.29) is 0 Å². The van der Waals surface area contributed by atoms with E-state index in [1.54, 1.807) is 7.11 Å². The van der Waals surface area contributed by atoms with Crippen LogP contribution in [0, 0.1) is 0 Å². The molecule has 0 amide bonds. The van der Waals surface area contributed by atoms with Crippen LogP contribution in [0.15, 0.2) is 24.8 Å². The molecule has 0 spiro atoms. The molecule has 2 nitrogen and oxygen atoms in total. The summed E-state index contributed by atoms with van der Waals surface area (Å²) in [6.07, 6.45) is 2.78. The zero-order valence-corrected chi connectivity index (χ0v) is 8.75. The highest BCUT2D eigenvalue weighted by atomic mass is 16.7. The Hall–Kier alpha value is -1.28. The lowest BCUT2D eigenvalue weighted by atomic mass is 10.1. The third kappa shape index (κ3) is 2.60. The molecule has 2 heteroatoms. The summed E-state index contributed by atoms with van der Waals surface area (Å²) in [6.45, 7) is 6.12. The Balaban J connectivity index is 2.87. The molecule has 0 saturated carbocycles. The van der Waals surface area contributed by atoms with E-state index < -0.39 is 0 Å². The van der Waals surface area contributed by atoms with E-state index >= 15 is 0 Å². The Labute approximate surface area is 85.2 Å². The molecule has 0 aromatic heterocycles. The lowest BCUT2D eigenvalue weighted by Crippen LogP contribution is -2.01. The largest absolute Gasteiger partial charge is 0.467 e. The summed E-state index contributed by atoms with van der Waals surface area (Å²) < 4.78 is 10.3. The van der Waals surface area contributed by atoms with Gasteiger partial charge in [-0.15, -0.1) is 0 Å². The van der Waals surface area contributed by atoms with Crippen LogP contribution < -0.4 is 4.74 Å². The summed E-state index contributed by atoms with van der Waals surface area (Å²) in [6, 6.07) is 6.02. The molecule has 1 aromatic rings. The molecule has 1 aromatic carbocycles. The summed E-state index contributed by atoms with van der Waals surface area (Å²) in [4.78, 5) is 0. The molecule has 0 unspecified atom stereocenters. The van der Waals surface area contributed by atoms with Crippen molar-refractivity contribution in [3.8, 4) is 5.75 Å². The van der Waals surface area contributed by atoms with E-state index in [1.807, 2.05) is 18.2 Å². The second-order valence-electron chi connectivity index (χ2n) is 2.98. The van der Waals surface area contributed by atoms with Gasteiger partial charge in [0.15, 0.2) is 6.79 Å². The molecule has 14 heavy (non-hydrogen) atoms. The molecule has 0 fully saturated rings. The van der Waals surface area contributed by atoms with Crippen molar-refractivity contribution >= 4 is 6.08 Å². The van der Waals surface area contributed by atoms with Gasteiger partial charge >= 0.3 is 0 Å². The predicted molar refractivity (Wildman–Crippen MR) is 58.4 cm³/mol. The van der Waals surface area contributed by atoms with Crippen LogP contribution in [0.1, 0.15) is 18.1 Å². The van der Waals surface area contributed by atoms with E-state index in [0.717, 1.165) is 17.7 Å². The van der Waals surface area contributed by atoms with E-state index in [4.69, 9.17) is 9.47 Å². The Morgan fingerprint density at radius 3 is 2.79 bits per heavy atom. The molecule has 0 N–H and O–H groups in total. The first-order valence-corrected chi connectivity index (χ1v) is 4.69. The van der Waals surface area contributed by atoms with Gasteiger partial charge in [0, 0.05) is 7.11 Å². The maximum atomic E-state index is 5.42. The molecular formula is C12H16O2. The molecule has 76 valence electrons. The quantitative estimate of drug-likeness (QED) is 0.668. The Kier molecular flexibility index (Phi) is 4.20. The molecule has 0 atom stereocenters. The maximum Gasteiger partial charge on any atom is 0.188 e. The van der Waals surface area contributed by atoms with Crippen molar-refractivity contribution in [3.05, 3.63) is 35.9 Å². The average Bonchev–Trinajstić information content (AvgIpc) is 2.26. The Morgan fingerprint density at radius 2 is 2.21 bits per heavy atom. The van der Waals surface area contributed by atoms with E-state index in [0.29, 0.717) is 6.79 Å². The SMILES string of the molecule is C=Cc1ccc(OCOC)c(CC)c1. The maximum absolute atomic E-state index is 5.42. The zero-order chi connectivity index (χ0) is 10.4. The summed E-state index contributed by atoms with van der Waals surface area (Å²) in [7, 11) is 1.61. The standard InChI is InChI=1S/C12H16O2/c1-4-10-6-7-12(14-9-13-3)11(5-2)8-10/h4,6-8H,1,5,9H2,2-3H3. The van der Waals surface area contributed by atoms with Crippen LogP contribution in [0.2, 0.25) is 0 Å². The molecule has 0 radical (unpaired) electrons. The van der Waals surface area contributed by atoms with Crippen LogP contribution in [-0.2, 0) is 11.2 Å². The van der Waals surface area contributed by atoms with Gasteiger partial charge in [-0.25, -0.2) is 0 Å². The summed E-state index contributed by atoms with van der Waals surface area (Å²) in [5.74, 6) is 0.889. The van der Waals surface area contributed by atoms with E-state index in [2.05, 4.69) is 19.6 Å². The molecule has 1 rings (SSSR count). The molecule has 0 aliphatic rings. The molecule has 0 heterocycles. The van der Waals surface area contributed by atoms with Crippen LogP contribution in [-0.4, -0.2) is 13.9 Å². The number of methoxy groups -OCH3 is 1. The molecule has 0 aliphatic heterocycles. The topological polar surface area (TPSA) is 18.5 Å². The Morgan fingerprint density at radius 1 is 1.43 bits per heavy atom. The lowest BCUT2D eigenvalue weighted by molar-refractivity contribution is 0.0505. The fourth-order valence-electron chi connectivity index (χ4n) is 1.27. The third-order valence-corrected chi connectivity index (χ3v) is 2.03. The van der Waals surface area contributed by atoms with Crippen molar-refractivity contribution in [2.45, 2.75) is 13.3 Å². The van der Waals surface area contributed by atoms with Gasteiger partial charge in [-0.2, -0.15) is 0 Å². The van der Waals surface area contributed by atoms with E-state index in [1.165, 1.54) is 5.56 Å². The van der Waals surface area contributed by atoms with Crippen LogP contribution >= 0.6 is 0 Å². The number of ether oxygens (including phenoxy) is 2. The smallest absolute Gasteiger partial charge is 0.188 e. The first-order valence-electron chi connectivity index (χ1n) is 4.69. The first-order chi connectivity index (χ1) is 6.81. The first kappa shape index (κ1) is 10.8. The second-order valence-corrected chi connectivity index (χ2v) is 2.98. The average molecular weight is 192 g/mol. The highest BCUT2D eigenvalue weighted by Crippen LogP contribution is 2.21. The van der Waals surface area contributed by atoms with Gasteiger partial charge in [-0.05, 0) is 29.7 Å². The fraction of sp³-hybridized carbons (Fsp3) is 0.333. The normalized spacial score (nSPS) is 9.86. The fourth-order valence-corrected chi connectivity index (χ4v) is 1.27. The van der Waals surface area contributed by atoms with Crippen molar-refractivity contribution in [1.29, 1.82) is 0 Å². The van der Waals surface area contributed by atoms with Gasteiger partial charge < -0.3 is 9.47 Å². The summed E-state index contributed by atoms with van der Waals surface area (Å²) in [5.41, 5.74) is 2.30. The van der Waals surface area contributed by atoms with Gasteiger partial charge in [0.05, 0.1) is 0 Å². The van der Waals surface area contributed by atoms with Crippen molar-refractivity contribution in [2.24, 2.45) is 0 Å². The second kappa shape index (κ2) is 5.45. The van der Waals surface area contributed by atoms with Gasteiger partial charge in [-0.1, -0.05) is 25.6 Å². The molecular weight excluding hydrogens is 176 g/mol. The zero-order valence-electron chi connectivity index (χ0n) is 8.75. The summed E-state index contributed by atoms with van der Waals surface area (Å²) in [5, 5.41) is 0. The van der Waals surface area contributed by atoms with Crippen LogP contribution in [0.25, 0.3) is 6.08 Å². The number of benzene rings is 1. The predicted octanol–water partition coefficient (Wildman–Crippen LogP) is 2.87. The molecule has 0 aliphatic carbocycles. The van der Waals surface area contributed by atoms with E-state index in [9.17, 15) is 0 Å². The monoisotopic (exact) mass is 192 g/mol. The van der Waals surface area contributed by atoms with Crippen molar-refractivity contribution in [1.82, 2.24) is 0 Å². The lowest BCUT2D eigenvalue weighted by Gasteiger charge is -2.09.